The minimum Gasteiger partial charge on any atom is -0.368 e. The van der Waals surface area contributed by atoms with Gasteiger partial charge in [0.15, 0.2) is 0 Å². The Bertz CT molecular complexity index is 396. The van der Waals surface area contributed by atoms with Gasteiger partial charge in [0, 0.05) is 25.1 Å². The molecule has 1 N–H and O–H groups in total. The number of nitrogens with one attached hydrogen (secondary N) is 1. The minimum absolute atomic E-state index is 0.646. The van der Waals surface area contributed by atoms with E-state index in [4.69, 9.17) is 11.6 Å². The van der Waals surface area contributed by atoms with Crippen molar-refractivity contribution < 1.29 is 0 Å². The van der Waals surface area contributed by atoms with Crippen LogP contribution in [-0.4, -0.2) is 21.3 Å². The van der Waals surface area contributed by atoms with Crippen LogP contribution in [0.5, 0.6) is 0 Å². The van der Waals surface area contributed by atoms with Gasteiger partial charge in [-0.25, -0.2) is 4.98 Å². The van der Waals surface area contributed by atoms with E-state index >= 15 is 0 Å². The third-order valence-corrected chi connectivity index (χ3v) is 2.16. The highest BCUT2D eigenvalue weighted by molar-refractivity contribution is 6.30. The smallest absolute Gasteiger partial charge is 0.126 e. The van der Waals surface area contributed by atoms with Crippen molar-refractivity contribution in [2.75, 3.05) is 11.9 Å². The Morgan fingerprint density at radius 1 is 1.40 bits per heavy atom. The zero-order valence-corrected chi connectivity index (χ0v) is 8.85. The Morgan fingerprint density at radius 3 is 3.00 bits per heavy atom. The van der Waals surface area contributed by atoms with Gasteiger partial charge in [-0.05, 0) is 18.2 Å². The standard InChI is InChI=1S/C10H11ClN4/c11-9-2-3-10(13-8-9)12-5-7-15-6-1-4-14-15/h1-4,6,8H,5,7H2,(H,12,13). The first kappa shape index (κ1) is 9.98. The molecule has 2 rings (SSSR count). The van der Waals surface area contributed by atoms with E-state index in [1.807, 2.05) is 29.1 Å². The molecule has 0 aromatic carbocycles. The molecule has 15 heavy (non-hydrogen) atoms. The van der Waals surface area contributed by atoms with E-state index < -0.39 is 0 Å². The largest absolute Gasteiger partial charge is 0.368 e. The lowest BCUT2D eigenvalue weighted by Crippen LogP contribution is -2.11. The quantitative estimate of drug-likeness (QED) is 0.861. The molecule has 0 radical (unpaired) electrons. The molecule has 0 aliphatic rings. The summed E-state index contributed by atoms with van der Waals surface area (Å²) in [5.74, 6) is 0.826. The lowest BCUT2D eigenvalue weighted by molar-refractivity contribution is 0.637. The average Bonchev–Trinajstić information content (AvgIpc) is 2.74. The van der Waals surface area contributed by atoms with E-state index in [1.165, 1.54) is 0 Å². The van der Waals surface area contributed by atoms with Gasteiger partial charge in [-0.3, -0.25) is 4.68 Å². The maximum absolute atomic E-state index is 5.72. The molecule has 0 saturated carbocycles. The van der Waals surface area contributed by atoms with Crippen molar-refractivity contribution in [3.05, 3.63) is 41.8 Å². The van der Waals surface area contributed by atoms with Gasteiger partial charge in [-0.1, -0.05) is 11.6 Å². The molecule has 0 saturated heterocycles. The summed E-state index contributed by atoms with van der Waals surface area (Å²) in [6, 6.07) is 5.57. The Labute approximate surface area is 92.9 Å². The Kier molecular flexibility index (Phi) is 3.19. The zero-order valence-electron chi connectivity index (χ0n) is 8.10. The molecule has 2 aromatic rings. The lowest BCUT2D eigenvalue weighted by atomic mass is 10.4. The fourth-order valence-corrected chi connectivity index (χ4v) is 1.32. The predicted molar refractivity (Wildman–Crippen MR) is 60.0 cm³/mol. The fourth-order valence-electron chi connectivity index (χ4n) is 1.21. The number of nitrogens with zero attached hydrogens (tertiary/aromatic N) is 3. The highest BCUT2D eigenvalue weighted by Gasteiger charge is 1.94. The molecule has 0 amide bonds. The number of aromatic nitrogens is 3. The number of hydrogen-bond donors (Lipinski definition) is 1. The molecule has 2 aromatic heterocycles. The van der Waals surface area contributed by atoms with Gasteiger partial charge in [0.25, 0.3) is 0 Å². The van der Waals surface area contributed by atoms with Crippen LogP contribution in [0.4, 0.5) is 5.82 Å². The first-order valence-electron chi connectivity index (χ1n) is 4.67. The Hall–Kier alpha value is -1.55. The van der Waals surface area contributed by atoms with Gasteiger partial charge in [0.1, 0.15) is 5.82 Å². The van der Waals surface area contributed by atoms with Crippen LogP contribution < -0.4 is 5.32 Å². The second-order valence-electron chi connectivity index (χ2n) is 3.06. The third-order valence-electron chi connectivity index (χ3n) is 1.93. The Morgan fingerprint density at radius 2 is 2.33 bits per heavy atom. The van der Waals surface area contributed by atoms with Crippen LogP contribution in [0.15, 0.2) is 36.8 Å². The second-order valence-corrected chi connectivity index (χ2v) is 3.49. The number of pyridine rings is 1. The van der Waals surface area contributed by atoms with Crippen molar-refractivity contribution in [2.45, 2.75) is 6.54 Å². The molecule has 0 aliphatic heterocycles. The summed E-state index contributed by atoms with van der Waals surface area (Å²) >= 11 is 5.72. The van der Waals surface area contributed by atoms with Crippen LogP contribution in [0, 0.1) is 0 Å². The third kappa shape index (κ3) is 2.95. The van der Waals surface area contributed by atoms with Crippen molar-refractivity contribution >= 4 is 17.4 Å². The maximum Gasteiger partial charge on any atom is 0.126 e. The first-order chi connectivity index (χ1) is 7.34. The summed E-state index contributed by atoms with van der Waals surface area (Å²) in [7, 11) is 0. The van der Waals surface area contributed by atoms with Crippen molar-refractivity contribution in [3.8, 4) is 0 Å². The fraction of sp³-hybridized carbons (Fsp3) is 0.200. The van der Waals surface area contributed by atoms with E-state index in [-0.39, 0.29) is 0 Å². The molecular formula is C10H11ClN4. The van der Waals surface area contributed by atoms with Crippen LogP contribution >= 0.6 is 11.6 Å². The summed E-state index contributed by atoms with van der Waals surface area (Å²) in [5, 5.41) is 7.92. The molecule has 2 heterocycles. The van der Waals surface area contributed by atoms with E-state index in [0.29, 0.717) is 5.02 Å². The molecule has 0 bridgehead atoms. The molecule has 0 atom stereocenters. The highest BCUT2D eigenvalue weighted by atomic mass is 35.5. The van der Waals surface area contributed by atoms with Gasteiger partial charge in [0.2, 0.25) is 0 Å². The number of halogens is 1. The van der Waals surface area contributed by atoms with Gasteiger partial charge in [-0.2, -0.15) is 5.10 Å². The molecule has 4 nitrogen and oxygen atoms in total. The molecule has 0 fully saturated rings. The average molecular weight is 223 g/mol. The summed E-state index contributed by atoms with van der Waals surface area (Å²) in [6.45, 7) is 1.60. The van der Waals surface area contributed by atoms with Gasteiger partial charge in [-0.15, -0.1) is 0 Å². The minimum atomic E-state index is 0.646. The van der Waals surface area contributed by atoms with Crippen molar-refractivity contribution in [1.29, 1.82) is 0 Å². The second kappa shape index (κ2) is 4.79. The van der Waals surface area contributed by atoms with Crippen LogP contribution in [0.25, 0.3) is 0 Å². The molecule has 5 heteroatoms. The van der Waals surface area contributed by atoms with Crippen LogP contribution in [-0.2, 0) is 6.54 Å². The number of anilines is 1. The summed E-state index contributed by atoms with van der Waals surface area (Å²) < 4.78 is 1.86. The van der Waals surface area contributed by atoms with E-state index in [0.717, 1.165) is 18.9 Å². The Balaban J connectivity index is 1.81. The van der Waals surface area contributed by atoms with Crippen LogP contribution in [0.1, 0.15) is 0 Å². The first-order valence-corrected chi connectivity index (χ1v) is 5.05. The predicted octanol–water partition coefficient (Wildman–Crippen LogP) is 2.04. The zero-order chi connectivity index (χ0) is 10.5. The van der Waals surface area contributed by atoms with Crippen molar-refractivity contribution in [1.82, 2.24) is 14.8 Å². The van der Waals surface area contributed by atoms with Crippen LogP contribution in [0.3, 0.4) is 0 Å². The van der Waals surface area contributed by atoms with Crippen molar-refractivity contribution in [3.63, 3.8) is 0 Å². The summed E-state index contributed by atoms with van der Waals surface area (Å²) in [5.41, 5.74) is 0. The molecule has 0 unspecified atom stereocenters. The van der Waals surface area contributed by atoms with Crippen LogP contribution in [0.2, 0.25) is 5.02 Å². The molecule has 0 spiro atoms. The summed E-state index contributed by atoms with van der Waals surface area (Å²) in [4.78, 5) is 4.12. The molecule has 78 valence electrons. The van der Waals surface area contributed by atoms with E-state index in [9.17, 15) is 0 Å². The normalized spacial score (nSPS) is 10.2. The van der Waals surface area contributed by atoms with Gasteiger partial charge >= 0.3 is 0 Å². The number of hydrogen-bond acceptors (Lipinski definition) is 3. The van der Waals surface area contributed by atoms with E-state index in [1.54, 1.807) is 12.4 Å². The van der Waals surface area contributed by atoms with E-state index in [2.05, 4.69) is 15.4 Å². The number of rotatable bonds is 4. The van der Waals surface area contributed by atoms with Gasteiger partial charge < -0.3 is 5.32 Å². The summed E-state index contributed by atoms with van der Waals surface area (Å²) in [6.07, 6.45) is 5.31. The lowest BCUT2D eigenvalue weighted by Gasteiger charge is -2.05. The highest BCUT2D eigenvalue weighted by Crippen LogP contribution is 2.08. The monoisotopic (exact) mass is 222 g/mol. The SMILES string of the molecule is Clc1ccc(NCCn2cccn2)nc1. The van der Waals surface area contributed by atoms with Crippen molar-refractivity contribution in [2.24, 2.45) is 0 Å². The molecule has 0 aliphatic carbocycles. The molecular weight excluding hydrogens is 212 g/mol. The topological polar surface area (TPSA) is 42.7 Å². The van der Waals surface area contributed by atoms with Gasteiger partial charge in [0.05, 0.1) is 11.6 Å². The maximum atomic E-state index is 5.72.